The summed E-state index contributed by atoms with van der Waals surface area (Å²) < 4.78 is 24.6. The summed E-state index contributed by atoms with van der Waals surface area (Å²) >= 11 is 0. The Hall–Kier alpha value is -1.06. The van der Waals surface area contributed by atoms with Gasteiger partial charge in [-0.2, -0.15) is 13.8 Å². The van der Waals surface area contributed by atoms with E-state index in [4.69, 9.17) is 0 Å². The molecule has 0 bridgehead atoms. The molecule has 1 rings (SSSR count). The van der Waals surface area contributed by atoms with Crippen LogP contribution in [-0.4, -0.2) is 9.97 Å². The van der Waals surface area contributed by atoms with Gasteiger partial charge in [-0.05, 0) is 13.8 Å². The van der Waals surface area contributed by atoms with Crippen LogP contribution in [0.4, 0.5) is 8.78 Å². The fourth-order valence-corrected chi connectivity index (χ4v) is 0.561. The number of nitrogens with zero attached hydrogens (tertiary/aromatic N) is 2. The molecular formula is C6H6F2N2. The highest BCUT2D eigenvalue weighted by Crippen LogP contribution is 2.05. The fourth-order valence-electron chi connectivity index (χ4n) is 0.561. The second-order valence-electron chi connectivity index (χ2n) is 1.99. The molecule has 0 aromatic carbocycles. The molecule has 0 aliphatic heterocycles. The Morgan fingerprint density at radius 1 is 1.10 bits per heavy atom. The van der Waals surface area contributed by atoms with Gasteiger partial charge in [0.15, 0.2) is 0 Å². The molecule has 0 spiro atoms. The first-order valence-corrected chi connectivity index (χ1v) is 2.77. The smallest absolute Gasteiger partial charge is 0.207 e. The highest BCUT2D eigenvalue weighted by atomic mass is 19.1. The fraction of sp³-hybridized carbons (Fsp3) is 0.333. The van der Waals surface area contributed by atoms with Crippen molar-refractivity contribution in [3.63, 3.8) is 0 Å². The first-order chi connectivity index (χ1) is 4.61. The monoisotopic (exact) mass is 144 g/mol. The van der Waals surface area contributed by atoms with Gasteiger partial charge in [0.25, 0.3) is 0 Å². The third kappa shape index (κ3) is 1.10. The topological polar surface area (TPSA) is 25.8 Å². The number of halogens is 2. The molecule has 54 valence electrons. The molecule has 4 heteroatoms. The van der Waals surface area contributed by atoms with Gasteiger partial charge in [0.05, 0.1) is 0 Å². The Bertz CT molecular complexity index is 237. The maximum absolute atomic E-state index is 12.4. The molecule has 2 nitrogen and oxygen atoms in total. The molecule has 0 radical (unpaired) electrons. The van der Waals surface area contributed by atoms with E-state index in [1.54, 1.807) is 0 Å². The highest BCUT2D eigenvalue weighted by molar-refractivity contribution is 5.13. The van der Waals surface area contributed by atoms with Crippen LogP contribution in [0, 0.1) is 25.9 Å². The van der Waals surface area contributed by atoms with Crippen LogP contribution in [0.15, 0.2) is 0 Å². The number of aromatic nitrogens is 2. The predicted octanol–water partition coefficient (Wildman–Crippen LogP) is 1.37. The second-order valence-corrected chi connectivity index (χ2v) is 1.99. The lowest BCUT2D eigenvalue weighted by molar-refractivity contribution is 0.473. The van der Waals surface area contributed by atoms with Crippen LogP contribution in [0.5, 0.6) is 0 Å². The van der Waals surface area contributed by atoms with Crippen molar-refractivity contribution >= 4 is 0 Å². The zero-order chi connectivity index (χ0) is 7.72. The highest BCUT2D eigenvalue weighted by Gasteiger charge is 2.05. The Kier molecular flexibility index (Phi) is 1.61. The van der Waals surface area contributed by atoms with Crippen molar-refractivity contribution in [2.75, 3.05) is 0 Å². The standard InChI is InChI=1S/C6H6F2N2/c1-3-4(2)9-6(8)10-5(3)7/h1-2H3. The molecular weight excluding hydrogens is 138 g/mol. The average molecular weight is 144 g/mol. The molecule has 0 fully saturated rings. The van der Waals surface area contributed by atoms with Crippen LogP contribution in [-0.2, 0) is 0 Å². The predicted molar refractivity (Wildman–Crippen MR) is 31.4 cm³/mol. The van der Waals surface area contributed by atoms with Crippen molar-refractivity contribution in [3.8, 4) is 0 Å². The van der Waals surface area contributed by atoms with E-state index in [-0.39, 0.29) is 0 Å². The SMILES string of the molecule is Cc1nc(F)nc(F)c1C. The first kappa shape index (κ1) is 7.05. The van der Waals surface area contributed by atoms with Gasteiger partial charge >= 0.3 is 6.08 Å². The third-order valence-corrected chi connectivity index (χ3v) is 1.30. The van der Waals surface area contributed by atoms with Gasteiger partial charge in [-0.3, -0.25) is 0 Å². The third-order valence-electron chi connectivity index (χ3n) is 1.30. The molecule has 0 saturated heterocycles. The molecule has 1 aromatic heterocycles. The van der Waals surface area contributed by atoms with Crippen LogP contribution in [0.3, 0.4) is 0 Å². The number of hydrogen-bond acceptors (Lipinski definition) is 2. The molecule has 0 aliphatic carbocycles. The van der Waals surface area contributed by atoms with Gasteiger partial charge in [-0.15, -0.1) is 0 Å². The normalized spacial score (nSPS) is 10.0. The molecule has 0 saturated carbocycles. The number of rotatable bonds is 0. The van der Waals surface area contributed by atoms with Crippen LogP contribution >= 0.6 is 0 Å². The summed E-state index contributed by atoms with van der Waals surface area (Å²) in [6.45, 7) is 3.04. The van der Waals surface area contributed by atoms with Gasteiger partial charge in [0.1, 0.15) is 0 Å². The Morgan fingerprint density at radius 2 is 1.70 bits per heavy atom. The molecule has 1 aromatic rings. The first-order valence-electron chi connectivity index (χ1n) is 2.77. The van der Waals surface area contributed by atoms with E-state index >= 15 is 0 Å². The summed E-state index contributed by atoms with van der Waals surface area (Å²) in [6.07, 6.45) is -1.01. The molecule has 0 unspecified atom stereocenters. The molecule has 10 heavy (non-hydrogen) atoms. The van der Waals surface area contributed by atoms with Crippen LogP contribution < -0.4 is 0 Å². The molecule has 1 heterocycles. The van der Waals surface area contributed by atoms with E-state index in [2.05, 4.69) is 9.97 Å². The molecule has 0 N–H and O–H groups in total. The second kappa shape index (κ2) is 2.28. The number of aryl methyl sites for hydroxylation is 1. The quantitative estimate of drug-likeness (QED) is 0.406. The maximum atomic E-state index is 12.4. The van der Waals surface area contributed by atoms with E-state index in [1.165, 1.54) is 13.8 Å². The summed E-state index contributed by atoms with van der Waals surface area (Å²) in [5.41, 5.74) is 0.631. The van der Waals surface area contributed by atoms with Crippen LogP contribution in [0.2, 0.25) is 0 Å². The van der Waals surface area contributed by atoms with Crippen molar-refractivity contribution in [3.05, 3.63) is 23.3 Å². The number of hydrogen-bond donors (Lipinski definition) is 0. The molecule has 0 atom stereocenters. The van der Waals surface area contributed by atoms with E-state index in [1.807, 2.05) is 0 Å². The summed E-state index contributed by atoms with van der Waals surface area (Å²) in [5, 5.41) is 0. The zero-order valence-corrected chi connectivity index (χ0v) is 5.65. The lowest BCUT2D eigenvalue weighted by atomic mass is 10.3. The van der Waals surface area contributed by atoms with E-state index in [0.29, 0.717) is 11.3 Å². The Morgan fingerprint density at radius 3 is 2.20 bits per heavy atom. The van der Waals surface area contributed by atoms with Crippen molar-refractivity contribution < 1.29 is 8.78 Å². The summed E-state index contributed by atoms with van der Waals surface area (Å²) in [7, 11) is 0. The summed E-state index contributed by atoms with van der Waals surface area (Å²) in [5.74, 6) is -0.787. The van der Waals surface area contributed by atoms with Crippen LogP contribution in [0.1, 0.15) is 11.3 Å². The van der Waals surface area contributed by atoms with Gasteiger partial charge < -0.3 is 0 Å². The van der Waals surface area contributed by atoms with Crippen molar-refractivity contribution in [1.29, 1.82) is 0 Å². The minimum absolute atomic E-state index is 0.293. The van der Waals surface area contributed by atoms with Gasteiger partial charge in [0, 0.05) is 11.3 Å². The van der Waals surface area contributed by atoms with E-state index < -0.39 is 12.0 Å². The minimum Gasteiger partial charge on any atom is -0.207 e. The van der Waals surface area contributed by atoms with E-state index in [9.17, 15) is 8.78 Å². The Balaban J connectivity index is 3.31. The van der Waals surface area contributed by atoms with Gasteiger partial charge in [-0.25, -0.2) is 4.98 Å². The molecule has 0 amide bonds. The summed E-state index contributed by atoms with van der Waals surface area (Å²) in [6, 6.07) is 0. The van der Waals surface area contributed by atoms with Crippen molar-refractivity contribution in [2.24, 2.45) is 0 Å². The van der Waals surface area contributed by atoms with Crippen molar-refractivity contribution in [1.82, 2.24) is 9.97 Å². The Labute approximate surface area is 56.9 Å². The largest absolute Gasteiger partial charge is 0.311 e. The average Bonchev–Trinajstić information content (AvgIpc) is 1.82. The minimum atomic E-state index is -1.01. The molecule has 0 aliphatic rings. The van der Waals surface area contributed by atoms with Crippen LogP contribution in [0.25, 0.3) is 0 Å². The lowest BCUT2D eigenvalue weighted by Gasteiger charge is -1.97. The van der Waals surface area contributed by atoms with Gasteiger partial charge in [0.2, 0.25) is 5.95 Å². The van der Waals surface area contributed by atoms with Crippen molar-refractivity contribution in [2.45, 2.75) is 13.8 Å². The lowest BCUT2D eigenvalue weighted by Crippen LogP contribution is -1.99. The van der Waals surface area contributed by atoms with Gasteiger partial charge in [-0.1, -0.05) is 0 Å². The van der Waals surface area contributed by atoms with E-state index in [0.717, 1.165) is 0 Å². The summed E-state index contributed by atoms with van der Waals surface area (Å²) in [4.78, 5) is 6.21. The maximum Gasteiger partial charge on any atom is 0.311 e. The zero-order valence-electron chi connectivity index (χ0n) is 5.65.